The van der Waals surface area contributed by atoms with Crippen molar-refractivity contribution in [2.75, 3.05) is 0 Å². The van der Waals surface area contributed by atoms with Crippen LogP contribution < -0.4 is 9.47 Å². The third-order valence-corrected chi connectivity index (χ3v) is 8.39. The quantitative estimate of drug-likeness (QED) is 0.212. The lowest BCUT2D eigenvalue weighted by molar-refractivity contribution is -0.0778. The number of furan rings is 2. The van der Waals surface area contributed by atoms with Crippen LogP contribution in [0.15, 0.2) is 130 Å². The summed E-state index contributed by atoms with van der Waals surface area (Å²) in [5, 5.41) is 4.43. The van der Waals surface area contributed by atoms with Gasteiger partial charge in [-0.2, -0.15) is 0 Å². The lowest BCUT2D eigenvalue weighted by Crippen LogP contribution is -2.34. The maximum absolute atomic E-state index is 6.55. The van der Waals surface area contributed by atoms with Crippen molar-refractivity contribution in [3.8, 4) is 44.9 Å². The van der Waals surface area contributed by atoms with E-state index in [1.807, 2.05) is 56.3 Å². The highest BCUT2D eigenvalue weighted by Gasteiger charge is 2.30. The minimum absolute atomic E-state index is 0.777. The van der Waals surface area contributed by atoms with Crippen molar-refractivity contribution in [3.05, 3.63) is 121 Å². The number of para-hydroxylation sites is 2. The van der Waals surface area contributed by atoms with E-state index in [2.05, 4.69) is 78.9 Å². The monoisotopic (exact) mass is 558 g/mol. The minimum atomic E-state index is -0.858. The molecule has 0 aliphatic carbocycles. The first-order valence-electron chi connectivity index (χ1n) is 14.5. The van der Waals surface area contributed by atoms with Gasteiger partial charge in [-0.15, -0.1) is 0 Å². The van der Waals surface area contributed by atoms with Gasteiger partial charge in [0.25, 0.3) is 0 Å². The second-order valence-electron chi connectivity index (χ2n) is 11.6. The Morgan fingerprint density at radius 3 is 1.95 bits per heavy atom. The molecule has 0 bridgehead atoms. The molecule has 2 aromatic heterocycles. The molecular weight excluding hydrogens is 532 g/mol. The van der Waals surface area contributed by atoms with Gasteiger partial charge in [-0.3, -0.25) is 0 Å². The minimum Gasteiger partial charge on any atom is -0.456 e. The standard InChI is InChI=1S/C39H26O4/c1-39(2)42-35-19-16-24(23-15-18-34-30(20-23)27-8-3-5-11-32(27)40-34)21-31(35)28-17-14-25(22-37(28)43-39)26-10-7-13-36-38(26)29-9-4-6-12-33(29)41-36/h3-22H,1-2H3. The molecule has 0 radical (unpaired) electrons. The summed E-state index contributed by atoms with van der Waals surface area (Å²) in [4.78, 5) is 0. The Morgan fingerprint density at radius 1 is 0.419 bits per heavy atom. The molecule has 8 aromatic rings. The molecule has 0 unspecified atom stereocenters. The van der Waals surface area contributed by atoms with Gasteiger partial charge in [0.1, 0.15) is 33.8 Å². The first-order valence-corrected chi connectivity index (χ1v) is 14.5. The number of hydrogen-bond donors (Lipinski definition) is 0. The van der Waals surface area contributed by atoms with E-state index in [4.69, 9.17) is 18.3 Å². The molecule has 1 aliphatic heterocycles. The van der Waals surface area contributed by atoms with Crippen LogP contribution in [0.3, 0.4) is 0 Å². The van der Waals surface area contributed by atoms with Gasteiger partial charge in [-0.1, -0.05) is 66.7 Å². The fraction of sp³-hybridized carbons (Fsp3) is 0.0769. The van der Waals surface area contributed by atoms with Crippen molar-refractivity contribution >= 4 is 43.9 Å². The van der Waals surface area contributed by atoms with Crippen molar-refractivity contribution in [1.82, 2.24) is 0 Å². The van der Waals surface area contributed by atoms with Crippen molar-refractivity contribution in [3.63, 3.8) is 0 Å². The molecule has 4 heteroatoms. The second kappa shape index (κ2) is 8.76. The van der Waals surface area contributed by atoms with Gasteiger partial charge in [-0.25, -0.2) is 0 Å². The van der Waals surface area contributed by atoms with Crippen molar-refractivity contribution in [2.24, 2.45) is 0 Å². The Kier molecular flexibility index (Phi) is 4.92. The Hall–Kier alpha value is -5.48. The second-order valence-corrected chi connectivity index (χ2v) is 11.6. The van der Waals surface area contributed by atoms with E-state index in [1.165, 1.54) is 0 Å². The summed E-state index contributed by atoms with van der Waals surface area (Å²) in [6.45, 7) is 3.91. The molecule has 206 valence electrons. The summed E-state index contributed by atoms with van der Waals surface area (Å²) >= 11 is 0. The number of benzene rings is 6. The van der Waals surface area contributed by atoms with Crippen LogP contribution in [0.1, 0.15) is 13.8 Å². The summed E-state index contributed by atoms with van der Waals surface area (Å²) in [5.74, 6) is 0.709. The van der Waals surface area contributed by atoms with Crippen LogP contribution in [-0.2, 0) is 0 Å². The maximum atomic E-state index is 6.55. The fourth-order valence-corrected chi connectivity index (χ4v) is 6.48. The van der Waals surface area contributed by atoms with Gasteiger partial charge < -0.3 is 18.3 Å². The maximum Gasteiger partial charge on any atom is 0.245 e. The number of fused-ring (bicyclic) bond motifs is 9. The van der Waals surface area contributed by atoms with Gasteiger partial charge in [0.15, 0.2) is 0 Å². The van der Waals surface area contributed by atoms with Gasteiger partial charge >= 0.3 is 0 Å². The molecule has 0 saturated heterocycles. The molecule has 9 rings (SSSR count). The highest BCUT2D eigenvalue weighted by molar-refractivity contribution is 6.12. The van der Waals surface area contributed by atoms with Gasteiger partial charge in [0, 0.05) is 46.5 Å². The third-order valence-electron chi connectivity index (χ3n) is 8.39. The molecular formula is C39H26O4. The van der Waals surface area contributed by atoms with E-state index < -0.39 is 5.79 Å². The third kappa shape index (κ3) is 3.76. The van der Waals surface area contributed by atoms with Crippen LogP contribution in [0.4, 0.5) is 0 Å². The summed E-state index contributed by atoms with van der Waals surface area (Å²) in [6, 6.07) is 41.7. The predicted octanol–water partition coefficient (Wildman–Crippen LogP) is 11.0. The molecule has 0 amide bonds. The number of ether oxygens (including phenoxy) is 2. The molecule has 0 spiro atoms. The fourth-order valence-electron chi connectivity index (χ4n) is 6.48. The van der Waals surface area contributed by atoms with Crippen LogP contribution in [0, 0.1) is 0 Å². The molecule has 3 heterocycles. The normalized spacial score (nSPS) is 13.9. The first kappa shape index (κ1) is 24.2. The zero-order valence-electron chi connectivity index (χ0n) is 23.7. The summed E-state index contributed by atoms with van der Waals surface area (Å²) in [5.41, 5.74) is 9.89. The Bertz CT molecular complexity index is 2390. The lowest BCUT2D eigenvalue weighted by atomic mass is 9.94. The van der Waals surface area contributed by atoms with E-state index in [0.717, 1.165) is 88.8 Å². The predicted molar refractivity (Wildman–Crippen MR) is 173 cm³/mol. The van der Waals surface area contributed by atoms with Crippen LogP contribution in [0.25, 0.3) is 77.3 Å². The van der Waals surface area contributed by atoms with E-state index in [9.17, 15) is 0 Å². The zero-order valence-corrected chi connectivity index (χ0v) is 23.7. The average molecular weight is 559 g/mol. The molecule has 0 fully saturated rings. The molecule has 0 saturated carbocycles. The van der Waals surface area contributed by atoms with E-state index in [-0.39, 0.29) is 0 Å². The zero-order chi connectivity index (χ0) is 28.7. The molecule has 0 atom stereocenters. The SMILES string of the molecule is CC1(C)Oc2cc(-c3cccc4oc5ccccc5c34)ccc2-c2cc(-c3ccc4oc5ccccc5c4c3)ccc2O1. The summed E-state index contributed by atoms with van der Waals surface area (Å²) in [7, 11) is 0. The topological polar surface area (TPSA) is 44.7 Å². The van der Waals surface area contributed by atoms with Crippen LogP contribution >= 0.6 is 0 Å². The Labute approximate surface area is 247 Å². The Morgan fingerprint density at radius 2 is 1.07 bits per heavy atom. The largest absolute Gasteiger partial charge is 0.456 e. The molecule has 6 aromatic carbocycles. The van der Waals surface area contributed by atoms with Crippen LogP contribution in [0.5, 0.6) is 11.5 Å². The smallest absolute Gasteiger partial charge is 0.245 e. The summed E-state index contributed by atoms with van der Waals surface area (Å²) < 4.78 is 25.2. The van der Waals surface area contributed by atoms with Gasteiger partial charge in [0.2, 0.25) is 5.79 Å². The van der Waals surface area contributed by atoms with Crippen LogP contribution in [0.2, 0.25) is 0 Å². The first-order chi connectivity index (χ1) is 21.0. The highest BCUT2D eigenvalue weighted by Crippen LogP contribution is 2.47. The highest BCUT2D eigenvalue weighted by atomic mass is 16.7. The summed E-state index contributed by atoms with van der Waals surface area (Å²) in [6.07, 6.45) is 0. The van der Waals surface area contributed by atoms with Gasteiger partial charge in [0.05, 0.1) is 0 Å². The number of hydrogen-bond acceptors (Lipinski definition) is 4. The van der Waals surface area contributed by atoms with Crippen LogP contribution in [-0.4, -0.2) is 5.79 Å². The lowest BCUT2D eigenvalue weighted by Gasteiger charge is -2.25. The van der Waals surface area contributed by atoms with Crippen molar-refractivity contribution in [2.45, 2.75) is 19.6 Å². The van der Waals surface area contributed by atoms with Crippen molar-refractivity contribution < 1.29 is 18.3 Å². The molecule has 1 aliphatic rings. The van der Waals surface area contributed by atoms with Crippen molar-refractivity contribution in [1.29, 1.82) is 0 Å². The Balaban J connectivity index is 1.21. The average Bonchev–Trinajstić information content (AvgIpc) is 3.56. The van der Waals surface area contributed by atoms with E-state index in [1.54, 1.807) is 0 Å². The molecule has 43 heavy (non-hydrogen) atoms. The molecule has 4 nitrogen and oxygen atoms in total. The van der Waals surface area contributed by atoms with E-state index in [0.29, 0.717) is 0 Å². The van der Waals surface area contributed by atoms with E-state index >= 15 is 0 Å². The number of rotatable bonds is 2. The molecule has 0 N–H and O–H groups in total. The van der Waals surface area contributed by atoms with Gasteiger partial charge in [-0.05, 0) is 76.9 Å².